The molecule has 0 spiro atoms. The summed E-state index contributed by atoms with van der Waals surface area (Å²) in [5.41, 5.74) is 3.13. The van der Waals surface area contributed by atoms with Crippen molar-refractivity contribution in [2.75, 3.05) is 0 Å². The molecule has 12 heavy (non-hydrogen) atoms. The van der Waals surface area contributed by atoms with Crippen LogP contribution in [0.3, 0.4) is 0 Å². The van der Waals surface area contributed by atoms with E-state index in [1.165, 1.54) is 5.56 Å². The van der Waals surface area contributed by atoms with Crippen LogP contribution in [-0.4, -0.2) is 0 Å². The van der Waals surface area contributed by atoms with Gasteiger partial charge >= 0.3 is 81.2 Å². The molecule has 2 aliphatic rings. The van der Waals surface area contributed by atoms with Crippen LogP contribution in [0.4, 0.5) is 0 Å². The predicted octanol–water partition coefficient (Wildman–Crippen LogP) is 3.22. The van der Waals surface area contributed by atoms with Gasteiger partial charge in [-0.3, -0.25) is 0 Å². The molecule has 1 unspecified atom stereocenters. The topological polar surface area (TPSA) is 0 Å². The van der Waals surface area contributed by atoms with Gasteiger partial charge in [-0.05, 0) is 0 Å². The van der Waals surface area contributed by atoms with E-state index in [4.69, 9.17) is 0 Å². The summed E-state index contributed by atoms with van der Waals surface area (Å²) < 4.78 is 4.21. The van der Waals surface area contributed by atoms with Gasteiger partial charge < -0.3 is 0 Å². The Bertz CT molecular complexity index is 337. The third kappa shape index (κ3) is 1.07. The normalized spacial score (nSPS) is 24.3. The zero-order valence-electron chi connectivity index (χ0n) is 6.96. The molecule has 0 saturated carbocycles. The molecule has 1 aromatic rings. The van der Waals surface area contributed by atoms with Gasteiger partial charge in [0.15, 0.2) is 0 Å². The summed E-state index contributed by atoms with van der Waals surface area (Å²) in [4.78, 5) is 0. The number of rotatable bonds is 1. The van der Waals surface area contributed by atoms with E-state index in [0.29, 0.717) is 0 Å². The van der Waals surface area contributed by atoms with Crippen LogP contribution >= 0.6 is 0 Å². The Morgan fingerprint density at radius 3 is 2.83 bits per heavy atom. The molecule has 0 bridgehead atoms. The molecule has 0 aromatic heterocycles. The number of benzene rings is 1. The molecule has 1 aliphatic carbocycles. The standard InChI is InChI=1S/C9H7.C2H4.Zr/c1-2-5-9-7-3-6-8(9)4-1;1-2;/h1-7H;1-2H2;. The van der Waals surface area contributed by atoms with Crippen molar-refractivity contribution in [2.24, 2.45) is 0 Å². The van der Waals surface area contributed by atoms with Crippen LogP contribution in [0, 0.1) is 0 Å². The first kappa shape index (κ1) is 7.27. The van der Waals surface area contributed by atoms with E-state index in [2.05, 4.69) is 36.4 Å². The maximum atomic E-state index is 2.46. The molecule has 0 amide bonds. The number of allylic oxidation sites excluding steroid dienone is 1. The molecule has 0 nitrogen and oxygen atoms in total. The van der Waals surface area contributed by atoms with Crippen molar-refractivity contribution < 1.29 is 21.8 Å². The summed E-state index contributed by atoms with van der Waals surface area (Å²) in [6, 6.07) is 8.90. The van der Waals surface area contributed by atoms with Crippen molar-refractivity contribution in [1.29, 1.82) is 0 Å². The number of fused-ring (bicyclic) bond motifs is 1. The molecule has 1 heterocycles. The fraction of sp³-hybridized carbons (Fsp3) is 0.273. The first-order valence-electron chi connectivity index (χ1n) is 4.57. The summed E-state index contributed by atoms with van der Waals surface area (Å²) in [7, 11) is 0. The summed E-state index contributed by atoms with van der Waals surface area (Å²) >= 11 is -0.821. The van der Waals surface area contributed by atoms with Crippen molar-refractivity contribution in [3.05, 3.63) is 41.5 Å². The second-order valence-electron chi connectivity index (χ2n) is 3.62. The van der Waals surface area contributed by atoms with Crippen LogP contribution in [0.5, 0.6) is 0 Å². The number of hydrogen-bond donors (Lipinski definition) is 0. The van der Waals surface area contributed by atoms with E-state index in [1.54, 1.807) is 13.8 Å². The summed E-state index contributed by atoms with van der Waals surface area (Å²) in [5.74, 6) is 0. The molecular weight excluding hydrogens is 223 g/mol. The van der Waals surface area contributed by atoms with Gasteiger partial charge in [-0.25, -0.2) is 0 Å². The van der Waals surface area contributed by atoms with Gasteiger partial charge in [-0.2, -0.15) is 0 Å². The summed E-state index contributed by atoms with van der Waals surface area (Å²) in [5, 5.41) is 0. The van der Waals surface area contributed by atoms with Gasteiger partial charge in [-0.15, -0.1) is 0 Å². The van der Waals surface area contributed by atoms with Crippen LogP contribution in [0.2, 0.25) is 8.26 Å². The second kappa shape index (κ2) is 2.67. The van der Waals surface area contributed by atoms with Crippen molar-refractivity contribution in [2.45, 2.75) is 11.9 Å². The molecule has 1 aliphatic heterocycles. The third-order valence-electron chi connectivity index (χ3n) is 2.78. The molecule has 3 rings (SSSR count). The minimum atomic E-state index is -0.821. The van der Waals surface area contributed by atoms with Crippen LogP contribution < -0.4 is 0 Å². The monoisotopic (exact) mass is 233 g/mol. The Hall–Kier alpha value is -0.157. The molecule has 1 heteroatoms. The predicted molar refractivity (Wildman–Crippen MR) is 47.8 cm³/mol. The van der Waals surface area contributed by atoms with E-state index >= 15 is 0 Å². The fourth-order valence-corrected chi connectivity index (χ4v) is 8.60. The van der Waals surface area contributed by atoms with Crippen molar-refractivity contribution >= 4 is 6.08 Å². The quantitative estimate of drug-likeness (QED) is 0.700. The van der Waals surface area contributed by atoms with E-state index < -0.39 is 21.8 Å². The summed E-state index contributed by atoms with van der Waals surface area (Å²) in [6.45, 7) is 0. The van der Waals surface area contributed by atoms with Crippen LogP contribution in [0.1, 0.15) is 14.8 Å². The zero-order chi connectivity index (χ0) is 7.97. The van der Waals surface area contributed by atoms with Gasteiger partial charge in [-0.1, -0.05) is 0 Å². The average molecular weight is 234 g/mol. The third-order valence-corrected chi connectivity index (χ3v) is 8.83. The van der Waals surface area contributed by atoms with Gasteiger partial charge in [0.25, 0.3) is 0 Å². The number of hydrogen-bond acceptors (Lipinski definition) is 0. The Labute approximate surface area is 81.0 Å². The van der Waals surface area contributed by atoms with Gasteiger partial charge in [0.05, 0.1) is 0 Å². The first-order chi connectivity index (χ1) is 5.95. The van der Waals surface area contributed by atoms with Crippen molar-refractivity contribution in [3.63, 3.8) is 0 Å². The van der Waals surface area contributed by atoms with Gasteiger partial charge in [0.1, 0.15) is 0 Å². The Balaban J connectivity index is 2.06. The van der Waals surface area contributed by atoms with E-state index in [1.807, 2.05) is 0 Å². The Morgan fingerprint density at radius 1 is 1.17 bits per heavy atom. The molecule has 0 radical (unpaired) electrons. The SMILES string of the molecule is C1=C[CH]([Zr]2[CH2][CH2]2)c2ccccc21. The van der Waals surface area contributed by atoms with Gasteiger partial charge in [0.2, 0.25) is 0 Å². The first-order valence-corrected chi connectivity index (χ1v) is 9.46. The van der Waals surface area contributed by atoms with E-state index in [0.717, 1.165) is 3.63 Å². The fourth-order valence-electron chi connectivity index (χ4n) is 1.99. The second-order valence-corrected chi connectivity index (χ2v) is 10.8. The van der Waals surface area contributed by atoms with E-state index in [-0.39, 0.29) is 0 Å². The molecule has 0 N–H and O–H groups in total. The van der Waals surface area contributed by atoms with Crippen LogP contribution in [-0.2, 0) is 21.8 Å². The molecule has 1 saturated heterocycles. The Morgan fingerprint density at radius 2 is 2.00 bits per heavy atom. The molecule has 59 valence electrons. The molecule has 1 fully saturated rings. The summed E-state index contributed by atoms with van der Waals surface area (Å²) in [6.07, 6.45) is 4.79. The Kier molecular flexibility index (Phi) is 1.62. The van der Waals surface area contributed by atoms with Crippen molar-refractivity contribution in [3.8, 4) is 0 Å². The van der Waals surface area contributed by atoms with Crippen LogP contribution in [0.25, 0.3) is 6.08 Å². The average Bonchev–Trinajstić information content (AvgIpc) is 2.86. The van der Waals surface area contributed by atoms with Crippen LogP contribution in [0.15, 0.2) is 30.3 Å². The molecule has 1 atom stereocenters. The maximum absolute atomic E-state index is 2.46. The van der Waals surface area contributed by atoms with Crippen molar-refractivity contribution in [1.82, 2.24) is 0 Å². The van der Waals surface area contributed by atoms with Gasteiger partial charge in [0, 0.05) is 0 Å². The molecular formula is C11H11Zr. The minimum absolute atomic E-state index is 0.821. The van der Waals surface area contributed by atoms with E-state index in [9.17, 15) is 0 Å². The molecule has 1 aromatic carbocycles. The zero-order valence-corrected chi connectivity index (χ0v) is 9.41.